The predicted molar refractivity (Wildman–Crippen MR) is 70.5 cm³/mol. The van der Waals surface area contributed by atoms with Gasteiger partial charge >= 0.3 is 16.2 Å². The molecule has 0 saturated carbocycles. The first-order valence-corrected chi connectivity index (χ1v) is 6.91. The van der Waals surface area contributed by atoms with Gasteiger partial charge < -0.3 is 10.2 Å². The molecule has 0 fully saturated rings. The molecule has 7 nitrogen and oxygen atoms in total. The van der Waals surface area contributed by atoms with Crippen LogP contribution in [0.25, 0.3) is 0 Å². The molecule has 0 atom stereocenters. The van der Waals surface area contributed by atoms with E-state index in [2.05, 4.69) is 4.72 Å². The zero-order chi connectivity index (χ0) is 14.8. The molecule has 0 amide bonds. The molecule has 0 aliphatic rings. The third kappa shape index (κ3) is 3.58. The van der Waals surface area contributed by atoms with Crippen molar-refractivity contribution < 1.29 is 23.4 Å². The fourth-order valence-electron chi connectivity index (χ4n) is 1.27. The van der Waals surface area contributed by atoms with Gasteiger partial charge in [0.25, 0.3) is 0 Å². The van der Waals surface area contributed by atoms with Gasteiger partial charge in [0, 0.05) is 19.2 Å². The van der Waals surface area contributed by atoms with E-state index < -0.39 is 21.9 Å². The molecule has 8 heteroatoms. The maximum absolute atomic E-state index is 11.9. The number of hydrogen-bond donors (Lipinski definition) is 3. The zero-order valence-corrected chi connectivity index (χ0v) is 11.6. The fourth-order valence-corrected chi connectivity index (χ4v) is 2.40. The Bertz CT molecular complexity index is 583. The molecule has 0 spiro atoms. The summed E-state index contributed by atoms with van der Waals surface area (Å²) in [6.07, 6.45) is 0. The van der Waals surface area contributed by atoms with Crippen LogP contribution in [0.1, 0.15) is 24.2 Å². The monoisotopic (exact) mass is 288 g/mol. The second kappa shape index (κ2) is 5.45. The van der Waals surface area contributed by atoms with E-state index in [9.17, 15) is 18.3 Å². The smallest absolute Gasteiger partial charge is 0.339 e. The van der Waals surface area contributed by atoms with Crippen LogP contribution in [0.15, 0.2) is 18.2 Å². The maximum Gasteiger partial charge on any atom is 0.339 e. The number of aromatic hydroxyl groups is 1. The standard InChI is InChI=1S/C11H16N2O5S/c1-7(2)13(3)19(17,18)12-8-4-5-9(11(15)16)10(14)6-8/h4-7,12,14H,1-3H3,(H,15,16). The van der Waals surface area contributed by atoms with Gasteiger partial charge in [-0.25, -0.2) is 4.79 Å². The number of benzene rings is 1. The van der Waals surface area contributed by atoms with Gasteiger partial charge in [0.15, 0.2) is 0 Å². The minimum Gasteiger partial charge on any atom is -0.507 e. The molecule has 1 rings (SSSR count). The molecule has 19 heavy (non-hydrogen) atoms. The zero-order valence-electron chi connectivity index (χ0n) is 10.8. The lowest BCUT2D eigenvalue weighted by Gasteiger charge is -2.21. The average Bonchev–Trinajstić information content (AvgIpc) is 2.26. The van der Waals surface area contributed by atoms with Gasteiger partial charge in [-0.05, 0) is 26.0 Å². The lowest BCUT2D eigenvalue weighted by Crippen LogP contribution is -2.37. The summed E-state index contributed by atoms with van der Waals surface area (Å²) in [4.78, 5) is 10.7. The van der Waals surface area contributed by atoms with E-state index in [1.807, 2.05) is 0 Å². The van der Waals surface area contributed by atoms with Crippen molar-refractivity contribution in [1.82, 2.24) is 4.31 Å². The van der Waals surface area contributed by atoms with Gasteiger partial charge in [0.2, 0.25) is 0 Å². The van der Waals surface area contributed by atoms with Crippen molar-refractivity contribution in [3.8, 4) is 5.75 Å². The summed E-state index contributed by atoms with van der Waals surface area (Å²) in [5.41, 5.74) is -0.199. The number of rotatable bonds is 5. The van der Waals surface area contributed by atoms with E-state index in [4.69, 9.17) is 5.11 Å². The van der Waals surface area contributed by atoms with Crippen LogP contribution in [0.5, 0.6) is 5.75 Å². The molecule has 0 unspecified atom stereocenters. The number of anilines is 1. The Labute approximate surface area is 111 Å². The minimum atomic E-state index is -3.74. The van der Waals surface area contributed by atoms with Gasteiger partial charge in [0.05, 0.1) is 5.69 Å². The Morgan fingerprint density at radius 3 is 2.37 bits per heavy atom. The summed E-state index contributed by atoms with van der Waals surface area (Å²) >= 11 is 0. The number of nitrogens with one attached hydrogen (secondary N) is 1. The normalized spacial score (nSPS) is 11.8. The molecule has 0 aliphatic carbocycles. The largest absolute Gasteiger partial charge is 0.507 e. The van der Waals surface area contributed by atoms with Crippen LogP contribution in [0.3, 0.4) is 0 Å². The van der Waals surface area contributed by atoms with Crippen molar-refractivity contribution >= 4 is 21.9 Å². The number of nitrogens with zero attached hydrogens (tertiary/aromatic N) is 1. The summed E-state index contributed by atoms with van der Waals surface area (Å²) in [7, 11) is -2.32. The Morgan fingerprint density at radius 1 is 1.37 bits per heavy atom. The molecule has 0 aliphatic heterocycles. The van der Waals surface area contributed by atoms with Gasteiger partial charge in [-0.3, -0.25) is 4.72 Å². The van der Waals surface area contributed by atoms with Crippen LogP contribution >= 0.6 is 0 Å². The highest BCUT2D eigenvalue weighted by Gasteiger charge is 2.21. The quantitative estimate of drug-likeness (QED) is 0.751. The van der Waals surface area contributed by atoms with Gasteiger partial charge in [-0.1, -0.05) is 0 Å². The highest BCUT2D eigenvalue weighted by molar-refractivity contribution is 7.90. The molecular formula is C11H16N2O5S. The molecule has 0 heterocycles. The third-order valence-corrected chi connectivity index (χ3v) is 4.25. The van der Waals surface area contributed by atoms with Crippen molar-refractivity contribution in [3.63, 3.8) is 0 Å². The fraction of sp³-hybridized carbons (Fsp3) is 0.364. The van der Waals surface area contributed by atoms with Crippen LogP contribution in [0.2, 0.25) is 0 Å². The Hall–Kier alpha value is -1.80. The number of hydrogen-bond acceptors (Lipinski definition) is 4. The number of carboxylic acid groups (broad SMARTS) is 1. The molecular weight excluding hydrogens is 272 g/mol. The number of carboxylic acids is 1. The van der Waals surface area contributed by atoms with Crippen LogP contribution in [0.4, 0.5) is 5.69 Å². The number of carbonyl (C=O) groups is 1. The Morgan fingerprint density at radius 2 is 1.95 bits per heavy atom. The third-order valence-electron chi connectivity index (χ3n) is 2.58. The summed E-state index contributed by atoms with van der Waals surface area (Å²) in [6.45, 7) is 3.43. The van der Waals surface area contributed by atoms with Crippen molar-refractivity contribution in [3.05, 3.63) is 23.8 Å². The molecule has 0 saturated heterocycles. The van der Waals surface area contributed by atoms with E-state index in [1.165, 1.54) is 13.1 Å². The molecule has 3 N–H and O–H groups in total. The first kappa shape index (κ1) is 15.3. The van der Waals surface area contributed by atoms with Gasteiger partial charge in [-0.2, -0.15) is 12.7 Å². The minimum absolute atomic E-state index is 0.0926. The van der Waals surface area contributed by atoms with Crippen LogP contribution < -0.4 is 4.72 Å². The molecule has 1 aromatic rings. The predicted octanol–water partition coefficient (Wildman–Crippen LogP) is 1.09. The molecule has 1 aromatic carbocycles. The topological polar surface area (TPSA) is 107 Å². The van der Waals surface area contributed by atoms with E-state index in [0.717, 1.165) is 16.4 Å². The lowest BCUT2D eigenvalue weighted by molar-refractivity contribution is 0.0694. The summed E-state index contributed by atoms with van der Waals surface area (Å²) in [5.74, 6) is -1.79. The highest BCUT2D eigenvalue weighted by atomic mass is 32.2. The highest BCUT2D eigenvalue weighted by Crippen LogP contribution is 2.23. The van der Waals surface area contributed by atoms with Crippen LogP contribution in [-0.2, 0) is 10.2 Å². The van der Waals surface area contributed by atoms with E-state index in [-0.39, 0.29) is 17.3 Å². The van der Waals surface area contributed by atoms with Crippen LogP contribution in [-0.4, -0.2) is 42.0 Å². The van der Waals surface area contributed by atoms with Crippen molar-refractivity contribution in [1.29, 1.82) is 0 Å². The van der Waals surface area contributed by atoms with E-state index >= 15 is 0 Å². The van der Waals surface area contributed by atoms with E-state index in [0.29, 0.717) is 0 Å². The van der Waals surface area contributed by atoms with Crippen LogP contribution in [0, 0.1) is 0 Å². The summed E-state index contributed by atoms with van der Waals surface area (Å²) in [6, 6.07) is 3.22. The maximum atomic E-state index is 11.9. The van der Waals surface area contributed by atoms with Crippen molar-refractivity contribution in [2.24, 2.45) is 0 Å². The summed E-state index contributed by atoms with van der Waals surface area (Å²) < 4.78 is 27.1. The Balaban J connectivity index is 3.02. The first-order chi connectivity index (χ1) is 8.65. The summed E-state index contributed by atoms with van der Waals surface area (Å²) in [5, 5.41) is 18.2. The van der Waals surface area contributed by atoms with Gasteiger partial charge in [-0.15, -0.1) is 0 Å². The molecule has 0 radical (unpaired) electrons. The second-order valence-electron chi connectivity index (χ2n) is 4.25. The molecule has 0 bridgehead atoms. The number of phenols is 1. The second-order valence-corrected chi connectivity index (χ2v) is 5.98. The number of aromatic carboxylic acids is 1. The SMILES string of the molecule is CC(C)N(C)S(=O)(=O)Nc1ccc(C(=O)O)c(O)c1. The van der Waals surface area contributed by atoms with Crippen molar-refractivity contribution in [2.75, 3.05) is 11.8 Å². The van der Waals surface area contributed by atoms with Gasteiger partial charge in [0.1, 0.15) is 11.3 Å². The lowest BCUT2D eigenvalue weighted by atomic mass is 10.2. The first-order valence-electron chi connectivity index (χ1n) is 5.47. The Kier molecular flexibility index (Phi) is 4.38. The van der Waals surface area contributed by atoms with Crippen molar-refractivity contribution in [2.45, 2.75) is 19.9 Å². The molecule has 0 aromatic heterocycles. The van der Waals surface area contributed by atoms with E-state index in [1.54, 1.807) is 13.8 Å². The molecule has 106 valence electrons. The average molecular weight is 288 g/mol.